The second-order valence-electron chi connectivity index (χ2n) is 4.49. The van der Waals surface area contributed by atoms with Gasteiger partial charge in [0.25, 0.3) is 0 Å². The monoisotopic (exact) mass is 368 g/mol. The number of hydrogen-bond donors (Lipinski definition) is 2. The Hall–Kier alpha value is -1.72. The summed E-state index contributed by atoms with van der Waals surface area (Å²) in [6.07, 6.45) is 0. The van der Waals surface area contributed by atoms with Gasteiger partial charge in [-0.2, -0.15) is 0 Å². The first-order chi connectivity index (χ1) is 10.0. The molecule has 0 amide bonds. The molecule has 2 rings (SSSR count). The average molecular weight is 370 g/mol. The highest BCUT2D eigenvalue weighted by molar-refractivity contribution is 9.10. The van der Waals surface area contributed by atoms with Gasteiger partial charge in [-0.25, -0.2) is 0 Å². The largest absolute Gasteiger partial charge is 0.489 e. The molecule has 110 valence electrons. The predicted molar refractivity (Wildman–Crippen MR) is 87.2 cm³/mol. The number of amidine groups is 1. The van der Waals surface area contributed by atoms with Gasteiger partial charge >= 0.3 is 0 Å². The summed E-state index contributed by atoms with van der Waals surface area (Å²) in [5.74, 6) is 0.813. The second kappa shape index (κ2) is 6.83. The summed E-state index contributed by atoms with van der Waals surface area (Å²) < 4.78 is 6.74. The SMILES string of the molecule is Cc1ccc(Br)cc1OCc1ccc(/C(N)=N/O)cc1Cl. The summed E-state index contributed by atoms with van der Waals surface area (Å²) in [5.41, 5.74) is 7.95. The van der Waals surface area contributed by atoms with Crippen LogP contribution < -0.4 is 10.5 Å². The lowest BCUT2D eigenvalue weighted by Crippen LogP contribution is -2.13. The van der Waals surface area contributed by atoms with Crippen LogP contribution in [0.3, 0.4) is 0 Å². The van der Waals surface area contributed by atoms with Crippen molar-refractivity contribution in [2.24, 2.45) is 10.9 Å². The molecule has 3 N–H and O–H groups in total. The fraction of sp³-hybridized carbons (Fsp3) is 0.133. The Labute approximate surface area is 136 Å². The number of oxime groups is 1. The Kier molecular flexibility index (Phi) is 5.09. The molecule has 0 radical (unpaired) electrons. The van der Waals surface area contributed by atoms with Gasteiger partial charge in [0.1, 0.15) is 12.4 Å². The van der Waals surface area contributed by atoms with Gasteiger partial charge in [-0.05, 0) is 30.7 Å². The quantitative estimate of drug-likeness (QED) is 0.369. The van der Waals surface area contributed by atoms with E-state index >= 15 is 0 Å². The van der Waals surface area contributed by atoms with E-state index in [1.807, 2.05) is 25.1 Å². The van der Waals surface area contributed by atoms with Crippen molar-refractivity contribution >= 4 is 33.4 Å². The van der Waals surface area contributed by atoms with Gasteiger partial charge in [-0.3, -0.25) is 0 Å². The van der Waals surface area contributed by atoms with Crippen molar-refractivity contribution in [3.05, 3.63) is 62.6 Å². The molecule has 21 heavy (non-hydrogen) atoms. The van der Waals surface area contributed by atoms with Gasteiger partial charge in [-0.1, -0.05) is 50.9 Å². The molecule has 0 spiro atoms. The van der Waals surface area contributed by atoms with Crippen LogP contribution in [-0.4, -0.2) is 11.0 Å². The zero-order chi connectivity index (χ0) is 15.4. The molecule has 4 nitrogen and oxygen atoms in total. The Morgan fingerprint density at radius 1 is 1.33 bits per heavy atom. The summed E-state index contributed by atoms with van der Waals surface area (Å²) in [5, 5.41) is 12.1. The van der Waals surface area contributed by atoms with Crippen molar-refractivity contribution in [2.45, 2.75) is 13.5 Å². The van der Waals surface area contributed by atoms with Crippen LogP contribution in [0.1, 0.15) is 16.7 Å². The smallest absolute Gasteiger partial charge is 0.170 e. The van der Waals surface area contributed by atoms with Gasteiger partial charge in [-0.15, -0.1) is 0 Å². The van der Waals surface area contributed by atoms with Crippen LogP contribution in [0.2, 0.25) is 5.02 Å². The molecule has 0 fully saturated rings. The van der Waals surface area contributed by atoms with E-state index in [-0.39, 0.29) is 5.84 Å². The van der Waals surface area contributed by atoms with Crippen LogP contribution in [0.4, 0.5) is 0 Å². The minimum atomic E-state index is 0.0206. The van der Waals surface area contributed by atoms with Crippen molar-refractivity contribution < 1.29 is 9.94 Å². The Bertz CT molecular complexity index is 689. The average Bonchev–Trinajstić information content (AvgIpc) is 2.48. The summed E-state index contributed by atoms with van der Waals surface area (Å²) in [4.78, 5) is 0. The van der Waals surface area contributed by atoms with E-state index in [0.29, 0.717) is 17.2 Å². The van der Waals surface area contributed by atoms with Crippen LogP contribution in [-0.2, 0) is 6.61 Å². The Morgan fingerprint density at radius 2 is 2.10 bits per heavy atom. The Balaban J connectivity index is 2.15. The van der Waals surface area contributed by atoms with Crippen molar-refractivity contribution in [1.82, 2.24) is 0 Å². The van der Waals surface area contributed by atoms with Crippen molar-refractivity contribution in [3.8, 4) is 5.75 Å². The zero-order valence-electron chi connectivity index (χ0n) is 11.3. The van der Waals surface area contributed by atoms with Crippen LogP contribution in [0.25, 0.3) is 0 Å². The molecule has 0 heterocycles. The van der Waals surface area contributed by atoms with Crippen molar-refractivity contribution in [1.29, 1.82) is 0 Å². The van der Waals surface area contributed by atoms with Crippen molar-refractivity contribution in [3.63, 3.8) is 0 Å². The predicted octanol–water partition coefficient (Wildman–Crippen LogP) is 4.08. The van der Waals surface area contributed by atoms with E-state index in [9.17, 15) is 0 Å². The second-order valence-corrected chi connectivity index (χ2v) is 5.81. The molecule has 0 atom stereocenters. The number of nitrogens with zero attached hydrogens (tertiary/aromatic N) is 1. The molecule has 0 saturated heterocycles. The molecule has 0 saturated carbocycles. The highest BCUT2D eigenvalue weighted by Gasteiger charge is 2.07. The topological polar surface area (TPSA) is 67.8 Å². The van der Waals surface area contributed by atoms with E-state index < -0.39 is 0 Å². The van der Waals surface area contributed by atoms with E-state index in [0.717, 1.165) is 21.3 Å². The lowest BCUT2D eigenvalue weighted by molar-refractivity contribution is 0.304. The summed E-state index contributed by atoms with van der Waals surface area (Å²) >= 11 is 9.60. The van der Waals surface area contributed by atoms with Gasteiger partial charge in [0.15, 0.2) is 5.84 Å². The molecular formula is C15H14BrClN2O2. The third-order valence-corrected chi connectivity index (χ3v) is 3.84. The number of rotatable bonds is 4. The number of hydrogen-bond acceptors (Lipinski definition) is 3. The highest BCUT2D eigenvalue weighted by Crippen LogP contribution is 2.25. The first-order valence-electron chi connectivity index (χ1n) is 6.16. The number of ether oxygens (including phenoxy) is 1. The minimum absolute atomic E-state index is 0.0206. The summed E-state index contributed by atoms with van der Waals surface area (Å²) in [6.45, 7) is 2.32. The van der Waals surface area contributed by atoms with Crippen LogP contribution >= 0.6 is 27.5 Å². The minimum Gasteiger partial charge on any atom is -0.489 e. The molecule has 0 unspecified atom stereocenters. The first-order valence-corrected chi connectivity index (χ1v) is 7.33. The maximum absolute atomic E-state index is 8.65. The van der Waals surface area contributed by atoms with E-state index in [1.165, 1.54) is 0 Å². The lowest BCUT2D eigenvalue weighted by atomic mass is 10.1. The molecule has 0 bridgehead atoms. The van der Waals surface area contributed by atoms with E-state index in [2.05, 4.69) is 21.1 Å². The number of aryl methyl sites for hydroxylation is 1. The van der Waals surface area contributed by atoms with Gasteiger partial charge in [0.2, 0.25) is 0 Å². The number of benzene rings is 2. The first kappa shape index (κ1) is 15.7. The van der Waals surface area contributed by atoms with Crippen LogP contribution in [0.15, 0.2) is 46.0 Å². The molecule has 2 aromatic carbocycles. The fourth-order valence-electron chi connectivity index (χ4n) is 1.77. The van der Waals surface area contributed by atoms with Crippen LogP contribution in [0, 0.1) is 6.92 Å². The molecular weight excluding hydrogens is 356 g/mol. The Morgan fingerprint density at radius 3 is 2.76 bits per heavy atom. The normalized spacial score (nSPS) is 11.5. The maximum atomic E-state index is 8.65. The van der Waals surface area contributed by atoms with Gasteiger partial charge in [0.05, 0.1) is 0 Å². The van der Waals surface area contributed by atoms with Crippen LogP contribution in [0.5, 0.6) is 5.75 Å². The van der Waals surface area contributed by atoms with Gasteiger partial charge < -0.3 is 15.7 Å². The lowest BCUT2D eigenvalue weighted by Gasteiger charge is -2.11. The fourth-order valence-corrected chi connectivity index (χ4v) is 2.34. The molecule has 0 aliphatic heterocycles. The van der Waals surface area contributed by atoms with Crippen molar-refractivity contribution in [2.75, 3.05) is 0 Å². The molecule has 2 aromatic rings. The third kappa shape index (κ3) is 3.89. The molecule has 0 aliphatic carbocycles. The standard InChI is InChI=1S/C15H14BrClN2O2/c1-9-2-5-12(16)7-14(9)21-8-11-4-3-10(6-13(11)17)15(18)19-20/h2-7,20H,8H2,1H3,(H2,18,19). The summed E-state index contributed by atoms with van der Waals surface area (Å²) in [6, 6.07) is 11.0. The zero-order valence-corrected chi connectivity index (χ0v) is 13.6. The highest BCUT2D eigenvalue weighted by atomic mass is 79.9. The number of halogens is 2. The molecule has 0 aromatic heterocycles. The number of nitrogens with two attached hydrogens (primary N) is 1. The maximum Gasteiger partial charge on any atom is 0.170 e. The third-order valence-electron chi connectivity index (χ3n) is 2.99. The van der Waals surface area contributed by atoms with E-state index in [1.54, 1.807) is 18.2 Å². The molecule has 6 heteroatoms. The van der Waals surface area contributed by atoms with E-state index in [4.69, 9.17) is 27.3 Å². The summed E-state index contributed by atoms with van der Waals surface area (Å²) in [7, 11) is 0. The van der Waals surface area contributed by atoms with Gasteiger partial charge in [0, 0.05) is 20.6 Å². The molecule has 0 aliphatic rings.